The maximum Gasteiger partial charge on any atom is 0.316 e. The Hall–Kier alpha value is -3.11. The average molecular weight is 359 g/mol. The molecule has 1 aromatic rings. The molecule has 10 nitrogen and oxygen atoms in total. The Balaban J connectivity index is 1.94. The van der Waals surface area contributed by atoms with E-state index in [0.29, 0.717) is 36.1 Å². The van der Waals surface area contributed by atoms with Gasteiger partial charge in [0.1, 0.15) is 23.9 Å². The molecule has 0 bridgehead atoms. The molecule has 1 aromatic heterocycles. The number of carbonyl (C=O) groups is 1. The number of carbonyl (C=O) groups excluding carboxylic acids is 1. The third-order valence-corrected chi connectivity index (χ3v) is 3.83. The van der Waals surface area contributed by atoms with Crippen LogP contribution in [-0.2, 0) is 11.3 Å². The zero-order chi connectivity index (χ0) is 18.5. The van der Waals surface area contributed by atoms with Crippen molar-refractivity contribution in [3.8, 4) is 0 Å². The molecule has 2 amide bonds. The third-order valence-electron chi connectivity index (χ3n) is 3.83. The minimum Gasteiger partial charge on any atom is -0.495 e. The smallest absolute Gasteiger partial charge is 0.316 e. The van der Waals surface area contributed by atoms with Gasteiger partial charge in [-0.2, -0.15) is 5.10 Å². The van der Waals surface area contributed by atoms with E-state index in [2.05, 4.69) is 20.7 Å². The first-order valence-corrected chi connectivity index (χ1v) is 8.12. The number of morpholine rings is 1. The van der Waals surface area contributed by atoms with E-state index in [1.165, 1.54) is 10.9 Å². The summed E-state index contributed by atoms with van der Waals surface area (Å²) >= 11 is 0. The Labute approximate surface area is 149 Å². The van der Waals surface area contributed by atoms with E-state index in [9.17, 15) is 4.79 Å². The van der Waals surface area contributed by atoms with Gasteiger partial charge in [-0.3, -0.25) is 0 Å². The van der Waals surface area contributed by atoms with E-state index < -0.39 is 6.03 Å². The molecular weight excluding hydrogens is 338 g/mol. The Morgan fingerprint density at radius 2 is 2.35 bits per heavy atom. The van der Waals surface area contributed by atoms with Crippen LogP contribution in [0.3, 0.4) is 0 Å². The summed E-state index contributed by atoms with van der Waals surface area (Å²) in [4.78, 5) is 15.8. The van der Waals surface area contributed by atoms with E-state index >= 15 is 0 Å². The molecule has 0 saturated carbocycles. The molecule has 10 heteroatoms. The predicted molar refractivity (Wildman–Crippen MR) is 96.6 cm³/mol. The van der Waals surface area contributed by atoms with Gasteiger partial charge in [-0.15, -0.1) is 0 Å². The van der Waals surface area contributed by atoms with Gasteiger partial charge in [0, 0.05) is 12.1 Å². The number of ether oxygens (including phenoxy) is 1. The number of nitrogens with two attached hydrogens (primary N) is 2. The van der Waals surface area contributed by atoms with Crippen molar-refractivity contribution in [3.63, 3.8) is 0 Å². The number of aliphatic hydroxyl groups excluding tert-OH is 1. The van der Waals surface area contributed by atoms with Crippen LogP contribution in [0.1, 0.15) is 0 Å². The molecule has 1 saturated heterocycles. The first-order valence-electron chi connectivity index (χ1n) is 8.12. The summed E-state index contributed by atoms with van der Waals surface area (Å²) < 4.78 is 7.10. The van der Waals surface area contributed by atoms with E-state index in [4.69, 9.17) is 21.3 Å². The topological polar surface area (TPSA) is 153 Å². The molecule has 0 unspecified atom stereocenters. The van der Waals surface area contributed by atoms with Crippen LogP contribution in [0.4, 0.5) is 16.3 Å². The summed E-state index contributed by atoms with van der Waals surface area (Å²) in [6, 6.07) is -0.699. The Morgan fingerprint density at radius 3 is 3.04 bits per heavy atom. The first-order chi connectivity index (χ1) is 12.6. The van der Waals surface area contributed by atoms with Crippen molar-refractivity contribution in [2.24, 2.45) is 10.7 Å². The highest BCUT2D eigenvalue weighted by molar-refractivity contribution is 6.13. The second-order valence-electron chi connectivity index (χ2n) is 5.64. The first kappa shape index (κ1) is 17.7. The number of aliphatic hydroxyl groups is 1. The molecule has 26 heavy (non-hydrogen) atoms. The van der Waals surface area contributed by atoms with Crippen LogP contribution in [0.15, 0.2) is 46.4 Å². The number of nitrogen functional groups attached to an aromatic ring is 1. The minimum atomic E-state index is -0.699. The largest absolute Gasteiger partial charge is 0.495 e. The van der Waals surface area contributed by atoms with Crippen molar-refractivity contribution in [1.82, 2.24) is 20.4 Å². The summed E-state index contributed by atoms with van der Waals surface area (Å²) in [5.74, 6) is 1.10. The number of nitrogens with one attached hydrogen (secondary N) is 2. The van der Waals surface area contributed by atoms with Gasteiger partial charge in [0.2, 0.25) is 0 Å². The highest BCUT2D eigenvalue weighted by Gasteiger charge is 2.17. The minimum absolute atomic E-state index is 0.0822. The van der Waals surface area contributed by atoms with Crippen molar-refractivity contribution in [2.75, 3.05) is 32.0 Å². The number of rotatable bonds is 4. The lowest BCUT2D eigenvalue weighted by atomic mass is 10.0. The second kappa shape index (κ2) is 7.85. The Bertz CT molecular complexity index is 812. The molecule has 138 valence electrons. The van der Waals surface area contributed by atoms with Crippen LogP contribution >= 0.6 is 0 Å². The molecule has 0 spiro atoms. The molecule has 2 heterocycles. The Kier molecular flexibility index (Phi) is 5.34. The molecule has 7 N–H and O–H groups in total. The lowest BCUT2D eigenvalue weighted by Gasteiger charge is -2.21. The number of urea groups is 1. The van der Waals surface area contributed by atoms with Gasteiger partial charge in [-0.05, 0) is 18.2 Å². The van der Waals surface area contributed by atoms with Crippen LogP contribution in [0, 0.1) is 0 Å². The van der Waals surface area contributed by atoms with Crippen molar-refractivity contribution < 1.29 is 14.6 Å². The number of nitrogens with zero attached hydrogens (tertiary/aromatic N) is 3. The van der Waals surface area contributed by atoms with E-state index in [-0.39, 0.29) is 13.2 Å². The monoisotopic (exact) mass is 359 g/mol. The normalized spacial score (nSPS) is 21.4. The summed E-state index contributed by atoms with van der Waals surface area (Å²) in [6.07, 6.45) is 6.84. The quantitative estimate of drug-likeness (QED) is 0.490. The fourth-order valence-electron chi connectivity index (χ4n) is 2.60. The van der Waals surface area contributed by atoms with E-state index in [1.54, 1.807) is 12.2 Å². The predicted octanol–water partition coefficient (Wildman–Crippen LogP) is -0.474. The highest BCUT2D eigenvalue weighted by Crippen LogP contribution is 2.25. The number of hydrogen-bond donors (Lipinski definition) is 5. The maximum atomic E-state index is 11.4. The SMILES string of the molecule is NC(=O)NC1=C/C(=C2\CNCCO2)C=CC1=Nc1cnn(CCO)c1N. The van der Waals surface area contributed by atoms with Gasteiger partial charge in [-0.25, -0.2) is 14.5 Å². The van der Waals surface area contributed by atoms with Crippen molar-refractivity contribution in [3.05, 3.63) is 41.5 Å². The molecular formula is C16H21N7O3. The van der Waals surface area contributed by atoms with E-state index in [1.807, 2.05) is 6.08 Å². The van der Waals surface area contributed by atoms with Gasteiger partial charge in [0.25, 0.3) is 0 Å². The van der Waals surface area contributed by atoms with Gasteiger partial charge in [0.15, 0.2) is 0 Å². The molecule has 1 aliphatic heterocycles. The highest BCUT2D eigenvalue weighted by atomic mass is 16.5. The van der Waals surface area contributed by atoms with Gasteiger partial charge >= 0.3 is 6.03 Å². The second-order valence-corrected chi connectivity index (χ2v) is 5.64. The van der Waals surface area contributed by atoms with Crippen LogP contribution in [0.2, 0.25) is 0 Å². The standard InChI is InChI=1S/C16H21N7O3/c17-15-13(8-20-23(15)4-5-24)21-11-2-1-10(7-12(11)22-16(18)25)14-9-19-3-6-26-14/h1-2,7-8,19,24H,3-6,9,17H2,(H3,18,22,25)/b14-10+,21-11?. The van der Waals surface area contributed by atoms with Gasteiger partial charge < -0.3 is 31.9 Å². The molecule has 2 aliphatic rings. The van der Waals surface area contributed by atoms with Gasteiger partial charge in [0.05, 0.1) is 37.3 Å². The number of anilines is 1. The van der Waals surface area contributed by atoms with Gasteiger partial charge in [-0.1, -0.05) is 0 Å². The lowest BCUT2D eigenvalue weighted by Crippen LogP contribution is -2.33. The molecule has 0 radical (unpaired) electrons. The summed E-state index contributed by atoms with van der Waals surface area (Å²) in [5.41, 5.74) is 13.4. The average Bonchev–Trinajstić information content (AvgIpc) is 2.97. The fraction of sp³-hybridized carbons (Fsp3) is 0.312. The number of primary amides is 1. The van der Waals surface area contributed by atoms with Crippen LogP contribution < -0.4 is 22.1 Å². The summed E-state index contributed by atoms with van der Waals surface area (Å²) in [7, 11) is 0. The maximum absolute atomic E-state index is 11.4. The number of hydrogen-bond acceptors (Lipinski definition) is 7. The number of allylic oxidation sites excluding steroid dienone is 4. The summed E-state index contributed by atoms with van der Waals surface area (Å²) in [5, 5.41) is 18.9. The molecule has 1 aliphatic carbocycles. The number of aromatic nitrogens is 2. The zero-order valence-electron chi connectivity index (χ0n) is 14.1. The molecule has 3 rings (SSSR count). The third kappa shape index (κ3) is 3.92. The Morgan fingerprint density at radius 1 is 1.50 bits per heavy atom. The van der Waals surface area contributed by atoms with Crippen molar-refractivity contribution >= 4 is 23.2 Å². The lowest BCUT2D eigenvalue weighted by molar-refractivity contribution is 0.176. The van der Waals surface area contributed by atoms with Crippen LogP contribution in [-0.4, -0.2) is 52.9 Å². The van der Waals surface area contributed by atoms with Crippen molar-refractivity contribution in [2.45, 2.75) is 6.54 Å². The zero-order valence-corrected chi connectivity index (χ0v) is 14.1. The van der Waals surface area contributed by atoms with Crippen LogP contribution in [0.25, 0.3) is 0 Å². The van der Waals surface area contributed by atoms with Crippen LogP contribution in [0.5, 0.6) is 0 Å². The number of aliphatic imine (C=N–C) groups is 1. The van der Waals surface area contributed by atoms with Crippen molar-refractivity contribution in [1.29, 1.82) is 0 Å². The number of amides is 2. The summed E-state index contributed by atoms with van der Waals surface area (Å²) in [6.45, 7) is 2.17. The molecule has 0 atom stereocenters. The van der Waals surface area contributed by atoms with E-state index in [0.717, 1.165) is 17.9 Å². The molecule has 1 fully saturated rings. The molecule has 0 aromatic carbocycles. The fourth-order valence-corrected chi connectivity index (χ4v) is 2.60.